The summed E-state index contributed by atoms with van der Waals surface area (Å²) in [6.45, 7) is 13.0. The minimum atomic E-state index is -0.487. The molecule has 1 aromatic rings. The summed E-state index contributed by atoms with van der Waals surface area (Å²) in [7, 11) is 2.13. The average molecular weight is 403 g/mol. The summed E-state index contributed by atoms with van der Waals surface area (Å²) in [6, 6.07) is 6.03. The van der Waals surface area contributed by atoms with E-state index in [0.717, 1.165) is 56.0 Å². The van der Waals surface area contributed by atoms with Gasteiger partial charge in [0.1, 0.15) is 11.4 Å². The Labute approximate surface area is 176 Å². The number of ether oxygens (including phenoxy) is 2. The van der Waals surface area contributed by atoms with Crippen LogP contribution in [0.3, 0.4) is 0 Å². The molecule has 0 radical (unpaired) electrons. The number of anilines is 1. The fourth-order valence-corrected chi connectivity index (χ4v) is 3.51. The van der Waals surface area contributed by atoms with E-state index < -0.39 is 5.60 Å². The Morgan fingerprint density at radius 1 is 1.24 bits per heavy atom. The van der Waals surface area contributed by atoms with E-state index in [0.29, 0.717) is 6.54 Å². The lowest BCUT2D eigenvalue weighted by molar-refractivity contribution is 0.0577. The highest BCUT2D eigenvalue weighted by atomic mass is 16.6. The molecule has 0 N–H and O–H groups in total. The maximum atomic E-state index is 12.5. The Morgan fingerprint density at radius 2 is 2.00 bits per heavy atom. The monoisotopic (exact) mass is 402 g/mol. The van der Waals surface area contributed by atoms with Crippen LogP contribution in [-0.4, -0.2) is 49.9 Å². The van der Waals surface area contributed by atoms with Crippen LogP contribution in [-0.2, 0) is 11.2 Å². The predicted molar refractivity (Wildman–Crippen MR) is 120 cm³/mol. The summed E-state index contributed by atoms with van der Waals surface area (Å²) >= 11 is 0. The molecule has 1 aromatic carbocycles. The van der Waals surface area contributed by atoms with Gasteiger partial charge in [-0.25, -0.2) is 4.79 Å². The summed E-state index contributed by atoms with van der Waals surface area (Å²) < 4.78 is 11.5. The van der Waals surface area contributed by atoms with Crippen molar-refractivity contribution < 1.29 is 14.3 Å². The van der Waals surface area contributed by atoms with Crippen LogP contribution in [0, 0.1) is 0 Å². The van der Waals surface area contributed by atoms with Crippen molar-refractivity contribution in [1.29, 1.82) is 0 Å². The van der Waals surface area contributed by atoms with Gasteiger partial charge in [0.15, 0.2) is 0 Å². The number of unbranched alkanes of at least 4 members (excludes halogenated alkanes) is 3. The van der Waals surface area contributed by atoms with Crippen molar-refractivity contribution in [3.63, 3.8) is 0 Å². The van der Waals surface area contributed by atoms with Gasteiger partial charge in [0.2, 0.25) is 0 Å². The third-order valence-corrected chi connectivity index (χ3v) is 4.93. The van der Waals surface area contributed by atoms with Crippen LogP contribution in [0.25, 0.3) is 0 Å². The molecule has 0 fully saturated rings. The number of benzene rings is 1. The molecule has 5 nitrogen and oxygen atoms in total. The van der Waals surface area contributed by atoms with Crippen LogP contribution in [0.5, 0.6) is 5.75 Å². The molecule has 0 saturated heterocycles. The first-order valence-electron chi connectivity index (χ1n) is 10.9. The summed E-state index contributed by atoms with van der Waals surface area (Å²) in [5.41, 5.74) is 1.62. The van der Waals surface area contributed by atoms with Crippen molar-refractivity contribution in [3.8, 4) is 5.75 Å². The maximum Gasteiger partial charge on any atom is 0.414 e. The molecule has 1 aliphatic heterocycles. The topological polar surface area (TPSA) is 42.0 Å². The number of amides is 1. The van der Waals surface area contributed by atoms with Crippen LogP contribution >= 0.6 is 0 Å². The van der Waals surface area contributed by atoms with Gasteiger partial charge in [-0.3, -0.25) is 4.90 Å². The normalized spacial score (nSPS) is 13.9. The van der Waals surface area contributed by atoms with Gasteiger partial charge in [-0.05, 0) is 83.8 Å². The van der Waals surface area contributed by atoms with Crippen molar-refractivity contribution in [3.05, 3.63) is 36.4 Å². The summed E-state index contributed by atoms with van der Waals surface area (Å²) in [5.74, 6) is 0.889. The van der Waals surface area contributed by atoms with Gasteiger partial charge in [-0.1, -0.05) is 18.9 Å². The number of carbonyl (C=O) groups is 1. The summed E-state index contributed by atoms with van der Waals surface area (Å²) in [6.07, 6.45) is 8.25. The molecule has 0 bridgehead atoms. The number of hydrogen-bond acceptors (Lipinski definition) is 4. The quantitative estimate of drug-likeness (QED) is 0.386. The fourth-order valence-electron chi connectivity index (χ4n) is 3.51. The highest BCUT2D eigenvalue weighted by Crippen LogP contribution is 2.31. The van der Waals surface area contributed by atoms with E-state index in [9.17, 15) is 4.79 Å². The van der Waals surface area contributed by atoms with E-state index >= 15 is 0 Å². The first-order valence-corrected chi connectivity index (χ1v) is 10.9. The average Bonchev–Trinajstić information content (AvgIpc) is 2.65. The number of fused-ring (bicyclic) bond motifs is 1. The molecule has 0 aliphatic carbocycles. The van der Waals surface area contributed by atoms with E-state index in [1.807, 2.05) is 39.0 Å². The lowest BCUT2D eigenvalue weighted by Crippen LogP contribution is -2.39. The Kier molecular flexibility index (Phi) is 9.02. The predicted octanol–water partition coefficient (Wildman–Crippen LogP) is 5.43. The Balaban J connectivity index is 1.77. The number of likely N-dealkylation sites (N-methyl/N-ethyl adjacent to an activating group) is 1. The minimum absolute atomic E-state index is 0.272. The SMILES string of the molecule is C=CCN(C)CCCCCCOc1ccc2c(c1)CCCN2C(=O)OC(C)(C)C. The van der Waals surface area contributed by atoms with Crippen LogP contribution in [0.15, 0.2) is 30.9 Å². The van der Waals surface area contributed by atoms with E-state index in [2.05, 4.69) is 24.6 Å². The highest BCUT2D eigenvalue weighted by Gasteiger charge is 2.27. The van der Waals surface area contributed by atoms with Gasteiger partial charge in [-0.2, -0.15) is 0 Å². The third-order valence-electron chi connectivity index (χ3n) is 4.93. The first-order chi connectivity index (χ1) is 13.8. The second kappa shape index (κ2) is 11.2. The third kappa shape index (κ3) is 8.09. The number of nitrogens with zero attached hydrogens (tertiary/aromatic N) is 2. The number of aryl methyl sites for hydroxylation is 1. The lowest BCUT2D eigenvalue weighted by Gasteiger charge is -2.31. The zero-order chi connectivity index (χ0) is 21.3. The van der Waals surface area contributed by atoms with E-state index in [-0.39, 0.29) is 6.09 Å². The molecule has 0 spiro atoms. The molecule has 1 aliphatic rings. The molecule has 162 valence electrons. The summed E-state index contributed by atoms with van der Waals surface area (Å²) in [5, 5.41) is 0. The standard InChI is InChI=1S/C24H38N2O3/c1-6-15-25(5)16-9-7-8-10-18-28-21-13-14-22-20(19-21)12-11-17-26(22)23(27)29-24(2,3)4/h6,13-14,19H,1,7-12,15-18H2,2-5H3. The summed E-state index contributed by atoms with van der Waals surface area (Å²) in [4.78, 5) is 16.5. The van der Waals surface area contributed by atoms with Gasteiger partial charge in [0, 0.05) is 13.1 Å². The van der Waals surface area contributed by atoms with Crippen LogP contribution < -0.4 is 9.64 Å². The van der Waals surface area contributed by atoms with E-state index in [4.69, 9.17) is 9.47 Å². The first kappa shape index (κ1) is 23.3. The van der Waals surface area contributed by atoms with Crippen molar-refractivity contribution in [2.24, 2.45) is 0 Å². The molecular formula is C24H38N2O3. The molecule has 5 heteroatoms. The van der Waals surface area contributed by atoms with Crippen molar-refractivity contribution in [2.75, 3.05) is 38.2 Å². The van der Waals surface area contributed by atoms with Crippen molar-refractivity contribution >= 4 is 11.8 Å². The van der Waals surface area contributed by atoms with Crippen LogP contribution in [0.4, 0.5) is 10.5 Å². The molecular weight excluding hydrogens is 364 g/mol. The lowest BCUT2D eigenvalue weighted by atomic mass is 10.0. The molecule has 0 saturated carbocycles. The minimum Gasteiger partial charge on any atom is -0.494 e. The number of hydrogen-bond donors (Lipinski definition) is 0. The van der Waals surface area contributed by atoms with Crippen LogP contribution in [0.1, 0.15) is 58.4 Å². The van der Waals surface area contributed by atoms with Crippen molar-refractivity contribution in [1.82, 2.24) is 4.90 Å². The fraction of sp³-hybridized carbons (Fsp3) is 0.625. The Hall–Kier alpha value is -2.01. The molecule has 1 amide bonds. The van der Waals surface area contributed by atoms with Gasteiger partial charge in [-0.15, -0.1) is 6.58 Å². The zero-order valence-corrected chi connectivity index (χ0v) is 18.7. The molecule has 2 rings (SSSR count). The maximum absolute atomic E-state index is 12.5. The van der Waals surface area contributed by atoms with E-state index in [1.54, 1.807) is 4.90 Å². The molecule has 0 atom stereocenters. The number of carbonyl (C=O) groups excluding carboxylic acids is 1. The van der Waals surface area contributed by atoms with E-state index in [1.165, 1.54) is 19.3 Å². The molecule has 0 aromatic heterocycles. The largest absolute Gasteiger partial charge is 0.494 e. The highest BCUT2D eigenvalue weighted by molar-refractivity contribution is 5.89. The van der Waals surface area contributed by atoms with Crippen LogP contribution in [0.2, 0.25) is 0 Å². The van der Waals surface area contributed by atoms with Crippen molar-refractivity contribution in [2.45, 2.75) is 64.9 Å². The van der Waals surface area contributed by atoms with Gasteiger partial charge < -0.3 is 14.4 Å². The van der Waals surface area contributed by atoms with Gasteiger partial charge in [0.05, 0.1) is 12.3 Å². The Bertz CT molecular complexity index is 667. The molecule has 29 heavy (non-hydrogen) atoms. The Morgan fingerprint density at radius 3 is 2.72 bits per heavy atom. The van der Waals surface area contributed by atoms with Gasteiger partial charge >= 0.3 is 6.09 Å². The molecule has 0 unspecified atom stereocenters. The number of rotatable bonds is 10. The second-order valence-corrected chi connectivity index (χ2v) is 8.84. The molecule has 1 heterocycles. The second-order valence-electron chi connectivity index (χ2n) is 8.84. The smallest absolute Gasteiger partial charge is 0.414 e. The van der Waals surface area contributed by atoms with Gasteiger partial charge in [0.25, 0.3) is 0 Å². The zero-order valence-electron chi connectivity index (χ0n) is 18.7.